The van der Waals surface area contributed by atoms with Crippen LogP contribution in [0, 0.1) is 12.8 Å². The predicted molar refractivity (Wildman–Crippen MR) is 140 cm³/mol. The van der Waals surface area contributed by atoms with Crippen LogP contribution < -0.4 is 21.4 Å². The van der Waals surface area contributed by atoms with Crippen LogP contribution in [0.5, 0.6) is 0 Å². The van der Waals surface area contributed by atoms with E-state index < -0.39 is 62.9 Å². The number of aryl methyl sites for hydroxylation is 1. The highest BCUT2D eigenvalue weighted by molar-refractivity contribution is 6.32. The largest absolute Gasteiger partial charge is 0.468 e. The molecule has 0 radical (unpaired) electrons. The minimum atomic E-state index is -1.75. The summed E-state index contributed by atoms with van der Waals surface area (Å²) in [6.07, 6.45) is 0. The number of halogens is 1. The maximum absolute atomic E-state index is 14.1. The van der Waals surface area contributed by atoms with Gasteiger partial charge in [-0.25, -0.2) is 14.4 Å². The van der Waals surface area contributed by atoms with Gasteiger partial charge in [0.15, 0.2) is 5.42 Å². The summed E-state index contributed by atoms with van der Waals surface area (Å²) in [7, 11) is 4.13. The van der Waals surface area contributed by atoms with Crippen molar-refractivity contribution in [1.29, 1.82) is 0 Å². The lowest BCUT2D eigenvalue weighted by atomic mass is 9.88. The molecule has 0 saturated carbocycles. The Morgan fingerprint density at radius 2 is 1.46 bits per heavy atom. The maximum atomic E-state index is 14.1. The normalized spacial score (nSPS) is 15.4. The molecule has 1 aliphatic carbocycles. The molecule has 0 amide bonds. The van der Waals surface area contributed by atoms with Crippen LogP contribution in [0.2, 0.25) is 5.02 Å². The molecule has 2 aromatic rings. The van der Waals surface area contributed by atoms with Crippen LogP contribution in [0.25, 0.3) is 22.2 Å². The van der Waals surface area contributed by atoms with Crippen molar-refractivity contribution in [2.75, 3.05) is 28.4 Å². The molecule has 39 heavy (non-hydrogen) atoms. The van der Waals surface area contributed by atoms with Gasteiger partial charge in [0, 0.05) is 16.3 Å². The van der Waals surface area contributed by atoms with Crippen LogP contribution in [0.15, 0.2) is 32.5 Å². The molecule has 11 nitrogen and oxygen atoms in total. The van der Waals surface area contributed by atoms with Crippen molar-refractivity contribution in [3.63, 3.8) is 0 Å². The summed E-state index contributed by atoms with van der Waals surface area (Å²) < 4.78 is 25.9. The van der Waals surface area contributed by atoms with E-state index in [-0.39, 0.29) is 26.9 Å². The number of methoxy groups -OCH3 is 4. The average molecular weight is 562 g/mol. The molecule has 1 N–H and O–H groups in total. The Balaban J connectivity index is 2.91. The van der Waals surface area contributed by atoms with E-state index in [1.54, 1.807) is 27.7 Å². The molecule has 1 aromatic carbocycles. The van der Waals surface area contributed by atoms with E-state index in [0.717, 1.165) is 28.4 Å². The van der Waals surface area contributed by atoms with Crippen molar-refractivity contribution in [1.82, 2.24) is 5.32 Å². The van der Waals surface area contributed by atoms with Crippen LogP contribution in [-0.2, 0) is 38.1 Å². The minimum absolute atomic E-state index is 0.0199. The van der Waals surface area contributed by atoms with Gasteiger partial charge in [-0.05, 0) is 45.4 Å². The zero-order valence-corrected chi connectivity index (χ0v) is 23.4. The second-order valence-electron chi connectivity index (χ2n) is 9.62. The molecule has 0 aliphatic heterocycles. The van der Waals surface area contributed by atoms with Crippen molar-refractivity contribution in [2.24, 2.45) is 5.92 Å². The lowest BCUT2D eigenvalue weighted by molar-refractivity contribution is -0.146. The van der Waals surface area contributed by atoms with Gasteiger partial charge in [0.05, 0.1) is 50.2 Å². The molecule has 1 aliphatic rings. The molecule has 0 fully saturated rings. The summed E-state index contributed by atoms with van der Waals surface area (Å²) >= 11 is 6.30. The number of esters is 4. The first kappa shape index (κ1) is 29.4. The van der Waals surface area contributed by atoms with Gasteiger partial charge in [-0.3, -0.25) is 9.59 Å². The van der Waals surface area contributed by atoms with Gasteiger partial charge < -0.3 is 28.7 Å². The standard InChI is InChI=1S/C27H28ClNO10/c1-11-9-14-12(10-13(11)28)21(30)19-20(29-27(2,3)4)17(25(33)37-7)15(23(31)35-5)16(24(32)36-6)18(22(19)39-14)26(34)38-8/h9-10,17,29H,1-8H3. The van der Waals surface area contributed by atoms with Crippen molar-refractivity contribution in [2.45, 2.75) is 33.2 Å². The molecule has 1 unspecified atom stereocenters. The van der Waals surface area contributed by atoms with E-state index in [9.17, 15) is 24.0 Å². The molecule has 0 saturated heterocycles. The van der Waals surface area contributed by atoms with Crippen LogP contribution >= 0.6 is 11.6 Å². The van der Waals surface area contributed by atoms with Gasteiger partial charge in [0.25, 0.3) is 0 Å². The molecule has 0 bridgehead atoms. The third-order valence-corrected chi connectivity index (χ3v) is 6.30. The summed E-state index contributed by atoms with van der Waals surface area (Å²) in [5.41, 5.74) is -3.47. The third-order valence-electron chi connectivity index (χ3n) is 5.90. The Hall–Kier alpha value is -4.12. The van der Waals surface area contributed by atoms with Crippen LogP contribution in [0.4, 0.5) is 0 Å². The highest BCUT2D eigenvalue weighted by Crippen LogP contribution is 2.32. The van der Waals surface area contributed by atoms with E-state index in [2.05, 4.69) is 5.32 Å². The fraction of sp³-hybridized carbons (Fsp3) is 0.370. The second-order valence-corrected chi connectivity index (χ2v) is 10.0. The van der Waals surface area contributed by atoms with E-state index in [0.29, 0.717) is 5.56 Å². The number of nitrogens with one attached hydrogen (secondary N) is 1. The minimum Gasteiger partial charge on any atom is -0.468 e. The van der Waals surface area contributed by atoms with Crippen molar-refractivity contribution >= 4 is 57.7 Å². The smallest absolute Gasteiger partial charge is 0.342 e. The lowest BCUT2D eigenvalue weighted by Gasteiger charge is -2.29. The maximum Gasteiger partial charge on any atom is 0.342 e. The molecule has 1 atom stereocenters. The Bertz CT molecular complexity index is 1620. The first-order valence-electron chi connectivity index (χ1n) is 11.6. The summed E-state index contributed by atoms with van der Waals surface area (Å²) in [6, 6.07) is 2.87. The first-order chi connectivity index (χ1) is 18.2. The van der Waals surface area contributed by atoms with Crippen molar-refractivity contribution in [3.8, 4) is 0 Å². The van der Waals surface area contributed by atoms with Gasteiger partial charge in [0.2, 0.25) is 5.43 Å². The number of ether oxygens (including phenoxy) is 4. The zero-order chi connectivity index (χ0) is 29.4. The summed E-state index contributed by atoms with van der Waals surface area (Å²) in [4.78, 5) is 67.3. The van der Waals surface area contributed by atoms with Gasteiger partial charge in [-0.15, -0.1) is 0 Å². The number of carbonyl (C=O) groups excluding carboxylic acids is 4. The number of hydrogen-bond donors (Lipinski definition) is 1. The fourth-order valence-electron chi connectivity index (χ4n) is 4.25. The predicted octanol–water partition coefficient (Wildman–Crippen LogP) is 1.02. The van der Waals surface area contributed by atoms with Crippen molar-refractivity contribution < 1.29 is 42.5 Å². The monoisotopic (exact) mass is 561 g/mol. The fourth-order valence-corrected chi connectivity index (χ4v) is 4.41. The van der Waals surface area contributed by atoms with E-state index in [4.69, 9.17) is 35.0 Å². The van der Waals surface area contributed by atoms with E-state index in [1.165, 1.54) is 12.1 Å². The summed E-state index contributed by atoms with van der Waals surface area (Å²) in [6.45, 7) is 6.87. The molecule has 12 heteroatoms. The van der Waals surface area contributed by atoms with Crippen LogP contribution in [0.3, 0.4) is 0 Å². The van der Waals surface area contributed by atoms with E-state index in [1.807, 2.05) is 0 Å². The molecular weight excluding hydrogens is 534 g/mol. The molecular formula is C27H28ClNO10. The van der Waals surface area contributed by atoms with Gasteiger partial charge >= 0.3 is 23.9 Å². The Morgan fingerprint density at radius 1 is 0.897 bits per heavy atom. The highest BCUT2D eigenvalue weighted by atomic mass is 35.5. The van der Waals surface area contributed by atoms with Crippen LogP contribution in [-0.4, -0.2) is 57.9 Å². The molecule has 208 valence electrons. The van der Waals surface area contributed by atoms with Gasteiger partial charge in [-0.2, -0.15) is 0 Å². The Morgan fingerprint density at radius 3 is 1.97 bits per heavy atom. The van der Waals surface area contributed by atoms with Crippen LogP contribution in [0.1, 0.15) is 26.3 Å². The zero-order valence-electron chi connectivity index (χ0n) is 22.7. The summed E-state index contributed by atoms with van der Waals surface area (Å²) in [5.74, 6) is -6.29. The third kappa shape index (κ3) is 5.26. The second kappa shape index (κ2) is 10.9. The number of fused-ring (bicyclic) bond motifs is 2. The SMILES string of the molecule is COC(=O)C1=C(C(=O)OC)C(C(=O)OC)C(NC(C)(C)C)=c2c(oc3cc(C)c(Cl)cc3c2=O)=C1C(=O)OC. The van der Waals surface area contributed by atoms with Gasteiger partial charge in [-0.1, -0.05) is 11.6 Å². The van der Waals surface area contributed by atoms with Crippen molar-refractivity contribution in [3.05, 3.63) is 54.7 Å². The first-order valence-corrected chi connectivity index (χ1v) is 12.0. The lowest BCUT2D eigenvalue weighted by Crippen LogP contribution is -2.50. The number of hydrogen-bond acceptors (Lipinski definition) is 11. The summed E-state index contributed by atoms with van der Waals surface area (Å²) in [5, 5.41) is 3.05. The van der Waals surface area contributed by atoms with E-state index >= 15 is 0 Å². The van der Waals surface area contributed by atoms with Gasteiger partial charge in [0.1, 0.15) is 17.1 Å². The molecule has 1 heterocycles. The number of rotatable bonds is 5. The number of benzene rings is 1. The highest BCUT2D eigenvalue weighted by Gasteiger charge is 2.44. The molecule has 3 rings (SSSR count). The quantitative estimate of drug-likeness (QED) is 0.412. The average Bonchev–Trinajstić information content (AvgIpc) is 3.00. The Kier molecular flexibility index (Phi) is 8.25. The number of carbonyl (C=O) groups is 4. The molecule has 1 aromatic heterocycles. The topological polar surface area (TPSA) is 147 Å². The Labute approximate surface area is 228 Å². The molecule has 0 spiro atoms.